The van der Waals surface area contributed by atoms with Gasteiger partial charge in [-0.2, -0.15) is 4.68 Å². The Balaban J connectivity index is 1.40. The fourth-order valence-electron chi connectivity index (χ4n) is 3.15. The number of hydrogen-bond donors (Lipinski definition) is 1. The minimum atomic E-state index is -0.125. The second-order valence-electron chi connectivity index (χ2n) is 6.91. The van der Waals surface area contributed by atoms with Gasteiger partial charge in [-0.25, -0.2) is 0 Å². The number of H-pyrrole nitrogens is 1. The van der Waals surface area contributed by atoms with E-state index >= 15 is 0 Å². The predicted molar refractivity (Wildman–Crippen MR) is 112 cm³/mol. The normalized spacial score (nSPS) is 11.0. The van der Waals surface area contributed by atoms with Gasteiger partial charge in [0.05, 0.1) is 17.8 Å². The van der Waals surface area contributed by atoms with Crippen LogP contribution in [-0.4, -0.2) is 45.9 Å². The monoisotopic (exact) mass is 390 g/mol. The van der Waals surface area contributed by atoms with Crippen LogP contribution in [0.5, 0.6) is 5.75 Å². The summed E-state index contributed by atoms with van der Waals surface area (Å²) in [6.07, 6.45) is 1.44. The maximum absolute atomic E-state index is 11.5. The molecule has 4 rings (SSSR count). The van der Waals surface area contributed by atoms with Crippen molar-refractivity contribution in [2.45, 2.75) is 12.8 Å². The Morgan fingerprint density at radius 3 is 2.69 bits per heavy atom. The largest absolute Gasteiger partial charge is 0.493 e. The lowest BCUT2D eigenvalue weighted by Crippen LogP contribution is -2.09. The second-order valence-corrected chi connectivity index (χ2v) is 6.91. The summed E-state index contributed by atoms with van der Waals surface area (Å²) < 4.78 is 7.69. The van der Waals surface area contributed by atoms with Gasteiger partial charge in [0.15, 0.2) is 5.82 Å². The van der Waals surface area contributed by atoms with Gasteiger partial charge in [-0.05, 0) is 59.3 Å². The van der Waals surface area contributed by atoms with Crippen molar-refractivity contribution in [2.75, 3.05) is 25.6 Å². The summed E-state index contributed by atoms with van der Waals surface area (Å²) in [5.74, 6) is 1.53. The summed E-state index contributed by atoms with van der Waals surface area (Å²) in [6, 6.07) is 17.0. The van der Waals surface area contributed by atoms with Crippen LogP contribution in [0.15, 0.2) is 59.4 Å². The van der Waals surface area contributed by atoms with Crippen LogP contribution >= 0.6 is 0 Å². The standard InChI is InChI=1S/C21H22N6O2/c1-26(2)15-8-10-16(11-9-15)27-20(23-24-25-27)7-4-14-29-19-6-3-5-18-17(19)12-13-21(28)22-18/h3,5-6,8-13H,4,7,14H2,1-2H3,(H,22,28). The van der Waals surface area contributed by atoms with E-state index in [4.69, 9.17) is 4.74 Å². The lowest BCUT2D eigenvalue weighted by Gasteiger charge is -2.13. The lowest BCUT2D eigenvalue weighted by molar-refractivity contribution is 0.313. The van der Waals surface area contributed by atoms with Crippen molar-refractivity contribution < 1.29 is 4.74 Å². The molecular weight excluding hydrogens is 368 g/mol. The first-order chi connectivity index (χ1) is 14.1. The van der Waals surface area contributed by atoms with Gasteiger partial charge in [-0.1, -0.05) is 6.07 Å². The second kappa shape index (κ2) is 8.14. The Morgan fingerprint density at radius 2 is 1.90 bits per heavy atom. The Bertz CT molecular complexity index is 1160. The average Bonchev–Trinajstić information content (AvgIpc) is 3.19. The zero-order valence-electron chi connectivity index (χ0n) is 16.4. The molecule has 4 aromatic rings. The van der Waals surface area contributed by atoms with E-state index in [1.54, 1.807) is 10.7 Å². The van der Waals surface area contributed by atoms with Crippen molar-refractivity contribution >= 4 is 16.6 Å². The molecule has 0 amide bonds. The Kier molecular flexibility index (Phi) is 5.24. The molecule has 0 saturated carbocycles. The van der Waals surface area contributed by atoms with Crippen molar-refractivity contribution in [3.05, 3.63) is 70.8 Å². The minimum absolute atomic E-state index is 0.125. The zero-order chi connectivity index (χ0) is 20.2. The molecule has 0 aliphatic heterocycles. The minimum Gasteiger partial charge on any atom is -0.493 e. The highest BCUT2D eigenvalue weighted by Crippen LogP contribution is 2.23. The fourth-order valence-corrected chi connectivity index (χ4v) is 3.15. The molecule has 0 aliphatic rings. The molecule has 8 heteroatoms. The number of nitrogens with one attached hydrogen (secondary N) is 1. The predicted octanol–water partition coefficient (Wildman–Crippen LogP) is 2.58. The van der Waals surface area contributed by atoms with Crippen LogP contribution < -0.4 is 15.2 Å². The maximum Gasteiger partial charge on any atom is 0.248 e. The Hall–Kier alpha value is -3.68. The third-order valence-electron chi connectivity index (χ3n) is 4.67. The van der Waals surface area contributed by atoms with Crippen molar-refractivity contribution in [2.24, 2.45) is 0 Å². The molecule has 0 bridgehead atoms. The van der Waals surface area contributed by atoms with Gasteiger partial charge in [0.2, 0.25) is 5.56 Å². The van der Waals surface area contributed by atoms with Crippen molar-refractivity contribution in [1.29, 1.82) is 0 Å². The first-order valence-corrected chi connectivity index (χ1v) is 9.42. The quantitative estimate of drug-likeness (QED) is 0.488. The molecule has 0 saturated heterocycles. The smallest absolute Gasteiger partial charge is 0.248 e. The summed E-state index contributed by atoms with van der Waals surface area (Å²) in [4.78, 5) is 16.3. The van der Waals surface area contributed by atoms with E-state index in [9.17, 15) is 4.79 Å². The molecule has 2 heterocycles. The van der Waals surface area contributed by atoms with Crippen LogP contribution in [0.3, 0.4) is 0 Å². The molecule has 1 N–H and O–H groups in total. The molecule has 8 nitrogen and oxygen atoms in total. The van der Waals surface area contributed by atoms with E-state index in [1.807, 2.05) is 61.5 Å². The first-order valence-electron chi connectivity index (χ1n) is 9.42. The van der Waals surface area contributed by atoms with Gasteiger partial charge in [-0.15, -0.1) is 5.10 Å². The van der Waals surface area contributed by atoms with Crippen LogP contribution in [0.1, 0.15) is 12.2 Å². The van der Waals surface area contributed by atoms with E-state index in [0.717, 1.165) is 40.3 Å². The first kappa shape index (κ1) is 18.7. The molecule has 148 valence electrons. The summed E-state index contributed by atoms with van der Waals surface area (Å²) >= 11 is 0. The number of tetrazole rings is 1. The topological polar surface area (TPSA) is 88.9 Å². The van der Waals surface area contributed by atoms with Gasteiger partial charge < -0.3 is 14.6 Å². The highest BCUT2D eigenvalue weighted by molar-refractivity contribution is 5.84. The molecule has 0 atom stereocenters. The molecule has 0 radical (unpaired) electrons. The molecule has 0 unspecified atom stereocenters. The third kappa shape index (κ3) is 4.11. The molecule has 0 fully saturated rings. The molecular formula is C21H22N6O2. The number of hydrogen-bond acceptors (Lipinski definition) is 6. The van der Waals surface area contributed by atoms with Gasteiger partial charge in [0.25, 0.3) is 0 Å². The van der Waals surface area contributed by atoms with Crippen LogP contribution in [0.25, 0.3) is 16.6 Å². The summed E-state index contributed by atoms with van der Waals surface area (Å²) in [5, 5.41) is 13.0. The van der Waals surface area contributed by atoms with Crippen LogP contribution in [-0.2, 0) is 6.42 Å². The summed E-state index contributed by atoms with van der Waals surface area (Å²) in [7, 11) is 4.01. The Morgan fingerprint density at radius 1 is 1.07 bits per heavy atom. The Labute approximate surface area is 167 Å². The lowest BCUT2D eigenvalue weighted by atomic mass is 10.2. The maximum atomic E-state index is 11.5. The van der Waals surface area contributed by atoms with Crippen LogP contribution in [0.4, 0.5) is 5.69 Å². The van der Waals surface area contributed by atoms with Crippen molar-refractivity contribution in [1.82, 2.24) is 25.2 Å². The number of anilines is 1. The number of rotatable bonds is 7. The highest BCUT2D eigenvalue weighted by Gasteiger charge is 2.09. The zero-order valence-corrected chi connectivity index (χ0v) is 16.4. The number of fused-ring (bicyclic) bond motifs is 1. The van der Waals surface area contributed by atoms with E-state index in [-0.39, 0.29) is 5.56 Å². The number of benzene rings is 2. The molecule has 29 heavy (non-hydrogen) atoms. The summed E-state index contributed by atoms with van der Waals surface area (Å²) in [5.41, 5.74) is 2.68. The molecule has 2 aromatic carbocycles. The number of ether oxygens (including phenoxy) is 1. The average molecular weight is 390 g/mol. The van der Waals surface area contributed by atoms with Crippen LogP contribution in [0.2, 0.25) is 0 Å². The molecule has 0 spiro atoms. The van der Waals surface area contributed by atoms with Crippen molar-refractivity contribution in [3.8, 4) is 11.4 Å². The van der Waals surface area contributed by atoms with E-state index in [2.05, 4.69) is 20.5 Å². The van der Waals surface area contributed by atoms with Gasteiger partial charge in [0.1, 0.15) is 5.75 Å². The number of aromatic amines is 1. The van der Waals surface area contributed by atoms with Gasteiger partial charge in [-0.3, -0.25) is 4.79 Å². The van der Waals surface area contributed by atoms with Gasteiger partial charge in [0, 0.05) is 37.7 Å². The SMILES string of the molecule is CN(C)c1ccc(-n2nnnc2CCCOc2cccc3[nH]c(=O)ccc23)cc1. The third-order valence-corrected chi connectivity index (χ3v) is 4.67. The highest BCUT2D eigenvalue weighted by atomic mass is 16.5. The van der Waals surface area contributed by atoms with Crippen molar-refractivity contribution in [3.63, 3.8) is 0 Å². The number of aromatic nitrogens is 5. The van der Waals surface area contributed by atoms with Crippen LogP contribution in [0, 0.1) is 0 Å². The number of aryl methyl sites for hydroxylation is 1. The van der Waals surface area contributed by atoms with Gasteiger partial charge >= 0.3 is 0 Å². The molecule has 0 aliphatic carbocycles. The number of pyridine rings is 1. The van der Waals surface area contributed by atoms with E-state index in [0.29, 0.717) is 13.0 Å². The fraction of sp³-hybridized carbons (Fsp3) is 0.238. The van der Waals surface area contributed by atoms with E-state index in [1.165, 1.54) is 6.07 Å². The molecule has 2 aromatic heterocycles. The number of nitrogens with zero attached hydrogens (tertiary/aromatic N) is 5. The van der Waals surface area contributed by atoms with E-state index < -0.39 is 0 Å². The summed E-state index contributed by atoms with van der Waals surface area (Å²) in [6.45, 7) is 0.519.